The van der Waals surface area contributed by atoms with E-state index in [-0.39, 0.29) is 11.3 Å². The molecule has 3 heterocycles. The molecule has 1 aromatic rings. The highest BCUT2D eigenvalue weighted by Crippen LogP contribution is 2.22. The Morgan fingerprint density at radius 2 is 2.05 bits per heavy atom. The van der Waals surface area contributed by atoms with Crippen LogP contribution in [0.3, 0.4) is 0 Å². The van der Waals surface area contributed by atoms with Crippen LogP contribution >= 0.6 is 11.6 Å². The molecule has 116 valence electrons. The summed E-state index contributed by atoms with van der Waals surface area (Å²) < 4.78 is 5.43. The molecule has 21 heavy (non-hydrogen) atoms. The molecule has 0 amide bonds. The molecule has 0 spiro atoms. The van der Waals surface area contributed by atoms with Gasteiger partial charge in [0.1, 0.15) is 0 Å². The fourth-order valence-electron chi connectivity index (χ4n) is 2.91. The summed E-state index contributed by atoms with van der Waals surface area (Å²) in [7, 11) is 0. The van der Waals surface area contributed by atoms with E-state index in [4.69, 9.17) is 16.3 Å². The van der Waals surface area contributed by atoms with Crippen molar-refractivity contribution in [3.8, 4) is 0 Å². The van der Waals surface area contributed by atoms with Crippen LogP contribution in [0.2, 0.25) is 5.28 Å². The second-order valence-corrected chi connectivity index (χ2v) is 6.17. The van der Waals surface area contributed by atoms with Crippen LogP contribution in [-0.4, -0.2) is 47.3 Å². The number of anilines is 2. The van der Waals surface area contributed by atoms with Crippen molar-refractivity contribution in [1.82, 2.24) is 15.0 Å². The van der Waals surface area contributed by atoms with Crippen molar-refractivity contribution >= 4 is 23.5 Å². The molecule has 1 N–H and O–H groups in total. The van der Waals surface area contributed by atoms with Crippen LogP contribution in [0.4, 0.5) is 11.9 Å². The Bertz CT molecular complexity index is 474. The Balaban J connectivity index is 1.70. The van der Waals surface area contributed by atoms with Gasteiger partial charge in [0.25, 0.3) is 0 Å². The number of rotatable bonds is 4. The van der Waals surface area contributed by atoms with Crippen molar-refractivity contribution in [2.45, 2.75) is 38.6 Å². The molecule has 0 bridgehead atoms. The molecule has 2 atom stereocenters. The molecule has 0 radical (unpaired) electrons. The standard InChI is InChI=1S/C14H22ClN5O/c1-10(11-5-8-21-9-11)16-13-17-12(15)18-14(19-13)20-6-3-2-4-7-20/h10-11H,2-9H2,1H3,(H,16,17,18,19). The maximum absolute atomic E-state index is 6.06. The number of halogens is 1. The van der Waals surface area contributed by atoms with Gasteiger partial charge in [-0.3, -0.25) is 0 Å². The summed E-state index contributed by atoms with van der Waals surface area (Å²) in [6, 6.07) is 0.264. The monoisotopic (exact) mass is 311 g/mol. The van der Waals surface area contributed by atoms with Crippen molar-refractivity contribution in [3.05, 3.63) is 5.28 Å². The van der Waals surface area contributed by atoms with Crippen LogP contribution in [0, 0.1) is 5.92 Å². The highest BCUT2D eigenvalue weighted by Gasteiger charge is 2.23. The molecule has 7 heteroatoms. The molecular formula is C14H22ClN5O. The lowest BCUT2D eigenvalue weighted by atomic mass is 10.0. The van der Waals surface area contributed by atoms with Crippen molar-refractivity contribution < 1.29 is 4.74 Å². The van der Waals surface area contributed by atoms with Crippen LogP contribution < -0.4 is 10.2 Å². The fraction of sp³-hybridized carbons (Fsp3) is 0.786. The zero-order chi connectivity index (χ0) is 14.7. The summed E-state index contributed by atoms with van der Waals surface area (Å²) in [5, 5.41) is 3.60. The molecule has 2 unspecified atom stereocenters. The molecule has 1 aromatic heterocycles. The summed E-state index contributed by atoms with van der Waals surface area (Å²) in [4.78, 5) is 15.2. The summed E-state index contributed by atoms with van der Waals surface area (Å²) in [5.74, 6) is 1.75. The first-order valence-corrected chi connectivity index (χ1v) is 8.11. The normalized spacial score (nSPS) is 24.1. The van der Waals surface area contributed by atoms with E-state index in [1.54, 1.807) is 0 Å². The Morgan fingerprint density at radius 3 is 2.76 bits per heavy atom. The molecule has 0 aliphatic carbocycles. The predicted molar refractivity (Wildman–Crippen MR) is 82.9 cm³/mol. The van der Waals surface area contributed by atoms with Gasteiger partial charge < -0.3 is 15.0 Å². The Hall–Kier alpha value is -1.14. The van der Waals surface area contributed by atoms with Gasteiger partial charge in [-0.1, -0.05) is 0 Å². The van der Waals surface area contributed by atoms with E-state index in [9.17, 15) is 0 Å². The Labute approximate surface area is 130 Å². The van der Waals surface area contributed by atoms with Crippen LogP contribution in [-0.2, 0) is 4.74 Å². The third-order valence-electron chi connectivity index (χ3n) is 4.26. The Kier molecular flexibility index (Phi) is 4.75. The first-order valence-electron chi connectivity index (χ1n) is 7.73. The third-order valence-corrected chi connectivity index (χ3v) is 4.43. The number of nitrogens with zero attached hydrogens (tertiary/aromatic N) is 4. The zero-order valence-corrected chi connectivity index (χ0v) is 13.1. The Morgan fingerprint density at radius 1 is 1.24 bits per heavy atom. The van der Waals surface area contributed by atoms with Crippen LogP contribution in [0.5, 0.6) is 0 Å². The molecule has 2 aliphatic rings. The van der Waals surface area contributed by atoms with Crippen molar-refractivity contribution in [2.24, 2.45) is 5.92 Å². The van der Waals surface area contributed by atoms with Gasteiger partial charge in [-0.15, -0.1) is 0 Å². The van der Waals surface area contributed by atoms with Gasteiger partial charge in [-0.25, -0.2) is 0 Å². The van der Waals surface area contributed by atoms with Gasteiger partial charge in [-0.2, -0.15) is 15.0 Å². The number of piperidine rings is 1. The van der Waals surface area contributed by atoms with E-state index < -0.39 is 0 Å². The molecule has 0 aromatic carbocycles. The maximum atomic E-state index is 6.06. The minimum Gasteiger partial charge on any atom is -0.381 e. The molecular weight excluding hydrogens is 290 g/mol. The number of nitrogens with one attached hydrogen (secondary N) is 1. The lowest BCUT2D eigenvalue weighted by Gasteiger charge is -2.27. The van der Waals surface area contributed by atoms with Crippen LogP contribution in [0.1, 0.15) is 32.6 Å². The first kappa shape index (κ1) is 14.8. The molecule has 2 fully saturated rings. The van der Waals surface area contributed by atoms with Gasteiger partial charge in [0.15, 0.2) is 0 Å². The van der Waals surface area contributed by atoms with Crippen molar-refractivity contribution in [1.29, 1.82) is 0 Å². The van der Waals surface area contributed by atoms with Crippen molar-refractivity contribution in [3.63, 3.8) is 0 Å². The number of hydrogen-bond acceptors (Lipinski definition) is 6. The average molecular weight is 312 g/mol. The van der Waals surface area contributed by atoms with E-state index in [0.717, 1.165) is 32.7 Å². The summed E-state index contributed by atoms with van der Waals surface area (Å²) in [6.45, 7) is 5.76. The second kappa shape index (κ2) is 6.75. The smallest absolute Gasteiger partial charge is 0.231 e. The van der Waals surface area contributed by atoms with E-state index in [2.05, 4.69) is 32.1 Å². The summed E-state index contributed by atoms with van der Waals surface area (Å²) in [6.07, 6.45) is 4.72. The zero-order valence-electron chi connectivity index (χ0n) is 12.4. The van der Waals surface area contributed by atoms with E-state index in [0.29, 0.717) is 17.8 Å². The van der Waals surface area contributed by atoms with Crippen molar-refractivity contribution in [2.75, 3.05) is 36.5 Å². The SMILES string of the molecule is CC(Nc1nc(Cl)nc(N2CCCCC2)n1)C1CCOC1. The van der Waals surface area contributed by atoms with Gasteiger partial charge >= 0.3 is 0 Å². The second-order valence-electron chi connectivity index (χ2n) is 5.83. The van der Waals surface area contributed by atoms with E-state index in [1.165, 1.54) is 19.3 Å². The highest BCUT2D eigenvalue weighted by molar-refractivity contribution is 6.28. The van der Waals surface area contributed by atoms with E-state index in [1.807, 2.05) is 0 Å². The van der Waals surface area contributed by atoms with Gasteiger partial charge in [0.05, 0.1) is 6.61 Å². The van der Waals surface area contributed by atoms with Gasteiger partial charge in [0, 0.05) is 31.7 Å². The predicted octanol–water partition coefficient (Wildman–Crippen LogP) is 2.35. The molecule has 0 saturated carbocycles. The fourth-order valence-corrected chi connectivity index (χ4v) is 3.06. The molecule has 6 nitrogen and oxygen atoms in total. The van der Waals surface area contributed by atoms with E-state index >= 15 is 0 Å². The first-order chi connectivity index (χ1) is 10.2. The topological polar surface area (TPSA) is 63.2 Å². The quantitative estimate of drug-likeness (QED) is 0.921. The van der Waals surface area contributed by atoms with Crippen LogP contribution in [0.15, 0.2) is 0 Å². The van der Waals surface area contributed by atoms with Gasteiger partial charge in [-0.05, 0) is 44.2 Å². The summed E-state index contributed by atoms with van der Waals surface area (Å²) >= 11 is 6.06. The third kappa shape index (κ3) is 3.74. The maximum Gasteiger partial charge on any atom is 0.231 e. The highest BCUT2D eigenvalue weighted by atomic mass is 35.5. The minimum atomic E-state index is 0.253. The average Bonchev–Trinajstić information content (AvgIpc) is 3.02. The minimum absolute atomic E-state index is 0.253. The molecule has 3 rings (SSSR count). The van der Waals surface area contributed by atoms with Crippen LogP contribution in [0.25, 0.3) is 0 Å². The number of ether oxygens (including phenoxy) is 1. The van der Waals surface area contributed by atoms with Gasteiger partial charge in [0.2, 0.25) is 17.2 Å². The number of hydrogen-bond donors (Lipinski definition) is 1. The lowest BCUT2D eigenvalue weighted by molar-refractivity contribution is 0.183. The summed E-state index contributed by atoms with van der Waals surface area (Å²) in [5.41, 5.74) is 0. The molecule has 2 aliphatic heterocycles. The molecule has 2 saturated heterocycles. The lowest BCUT2D eigenvalue weighted by Crippen LogP contribution is -2.32. The largest absolute Gasteiger partial charge is 0.381 e. The number of aromatic nitrogens is 3.